The van der Waals surface area contributed by atoms with Crippen LogP contribution in [0.15, 0.2) is 65.4 Å². The third-order valence-electron chi connectivity index (χ3n) is 3.98. The van der Waals surface area contributed by atoms with Crippen molar-refractivity contribution in [2.24, 2.45) is 0 Å². The molecule has 140 valence electrons. The van der Waals surface area contributed by atoms with Crippen molar-refractivity contribution in [3.63, 3.8) is 0 Å². The van der Waals surface area contributed by atoms with Gasteiger partial charge < -0.3 is 10.0 Å². The van der Waals surface area contributed by atoms with Gasteiger partial charge in [0, 0.05) is 30.0 Å². The lowest BCUT2D eigenvalue weighted by atomic mass is 10.1. The number of hydrogen-bond acceptors (Lipinski definition) is 4. The minimum absolute atomic E-state index is 0.156. The number of carbonyl (C=O) groups is 1. The van der Waals surface area contributed by atoms with Gasteiger partial charge in [0.15, 0.2) is 5.82 Å². The highest BCUT2D eigenvalue weighted by molar-refractivity contribution is 9.10. The van der Waals surface area contributed by atoms with Gasteiger partial charge in [0.1, 0.15) is 0 Å². The second kappa shape index (κ2) is 8.79. The Morgan fingerprint density at radius 1 is 1.26 bits per heavy atom. The molecule has 0 aliphatic rings. The first kappa shape index (κ1) is 19.1. The van der Waals surface area contributed by atoms with E-state index < -0.39 is 6.10 Å². The van der Waals surface area contributed by atoms with Crippen LogP contribution in [0, 0.1) is 0 Å². The molecule has 2 heterocycles. The molecule has 3 aromatic rings. The zero-order valence-corrected chi connectivity index (χ0v) is 16.4. The van der Waals surface area contributed by atoms with E-state index in [1.54, 1.807) is 30.2 Å². The molecule has 0 spiro atoms. The van der Waals surface area contributed by atoms with Crippen molar-refractivity contribution in [1.82, 2.24) is 19.7 Å². The Morgan fingerprint density at radius 2 is 2.04 bits per heavy atom. The topological polar surface area (TPSA) is 83.3 Å². The predicted molar refractivity (Wildman–Crippen MR) is 106 cm³/mol. The van der Waals surface area contributed by atoms with Crippen LogP contribution in [-0.2, 0) is 6.54 Å². The molecule has 0 radical (unpaired) electrons. The van der Waals surface area contributed by atoms with Crippen LogP contribution in [-0.4, -0.2) is 44.4 Å². The van der Waals surface area contributed by atoms with Gasteiger partial charge in [-0.05, 0) is 23.8 Å². The van der Waals surface area contributed by atoms with Crippen LogP contribution in [0.25, 0.3) is 0 Å². The number of hydrogen-bond donors (Lipinski definition) is 2. The third kappa shape index (κ3) is 5.15. The molecule has 0 saturated carbocycles. The second-order valence-corrected chi connectivity index (χ2v) is 6.92. The summed E-state index contributed by atoms with van der Waals surface area (Å²) in [6, 6.07) is 14.5. The Hall–Kier alpha value is -2.71. The van der Waals surface area contributed by atoms with Crippen LogP contribution in [0.3, 0.4) is 0 Å². The maximum atomic E-state index is 12.4. The lowest BCUT2D eigenvalue weighted by Crippen LogP contribution is -2.34. The van der Waals surface area contributed by atoms with Gasteiger partial charge in [-0.1, -0.05) is 40.2 Å². The fourth-order valence-electron chi connectivity index (χ4n) is 2.57. The SMILES string of the molecule is CN(CC(O)c1ccccc1Br)C(=O)Nc1ccn(Cc2ccccn2)n1. The Bertz CT molecular complexity index is 900. The Balaban J connectivity index is 1.56. The van der Waals surface area contributed by atoms with Gasteiger partial charge in [-0.3, -0.25) is 15.0 Å². The molecule has 2 N–H and O–H groups in total. The molecule has 0 aliphatic carbocycles. The van der Waals surface area contributed by atoms with Gasteiger partial charge >= 0.3 is 6.03 Å². The summed E-state index contributed by atoms with van der Waals surface area (Å²) in [7, 11) is 1.63. The fourth-order valence-corrected chi connectivity index (χ4v) is 3.11. The smallest absolute Gasteiger partial charge is 0.322 e. The number of anilines is 1. The van der Waals surface area contributed by atoms with Crippen molar-refractivity contribution < 1.29 is 9.90 Å². The zero-order chi connectivity index (χ0) is 19.2. The number of nitrogens with zero attached hydrogens (tertiary/aromatic N) is 4. The summed E-state index contributed by atoms with van der Waals surface area (Å²) in [4.78, 5) is 18.0. The van der Waals surface area contributed by atoms with Crippen LogP contribution in [0.1, 0.15) is 17.4 Å². The molecule has 8 heteroatoms. The van der Waals surface area contributed by atoms with E-state index in [0.717, 1.165) is 15.7 Å². The standard InChI is InChI=1S/C19H20BrN5O2/c1-24(13-17(26)15-7-2-3-8-16(15)20)19(27)22-18-9-11-25(23-18)12-14-6-4-5-10-21-14/h2-11,17,26H,12-13H2,1H3,(H,22,23,27). The van der Waals surface area contributed by atoms with Gasteiger partial charge in [0.25, 0.3) is 0 Å². The molecule has 0 fully saturated rings. The first-order valence-corrected chi connectivity index (χ1v) is 9.20. The maximum Gasteiger partial charge on any atom is 0.322 e. The summed E-state index contributed by atoms with van der Waals surface area (Å²) in [5.74, 6) is 0.443. The van der Waals surface area contributed by atoms with E-state index in [9.17, 15) is 9.90 Å². The van der Waals surface area contributed by atoms with Gasteiger partial charge in [-0.2, -0.15) is 5.10 Å². The predicted octanol–water partition coefficient (Wildman–Crippen LogP) is 3.29. The molecule has 1 atom stereocenters. The van der Waals surface area contributed by atoms with Crippen molar-refractivity contribution in [3.8, 4) is 0 Å². The second-order valence-electron chi connectivity index (χ2n) is 6.07. The zero-order valence-electron chi connectivity index (χ0n) is 14.8. The van der Waals surface area contributed by atoms with E-state index in [1.165, 1.54) is 4.90 Å². The van der Waals surface area contributed by atoms with E-state index in [1.807, 2.05) is 42.5 Å². The number of nitrogens with one attached hydrogen (secondary N) is 1. The van der Waals surface area contributed by atoms with Crippen LogP contribution in [0.4, 0.5) is 10.6 Å². The van der Waals surface area contributed by atoms with Crippen LogP contribution >= 0.6 is 15.9 Å². The summed E-state index contributed by atoms with van der Waals surface area (Å²) in [6.45, 7) is 0.677. The number of rotatable bonds is 6. The molecule has 2 amide bonds. The molecule has 0 bridgehead atoms. The average Bonchev–Trinajstić information content (AvgIpc) is 3.09. The highest BCUT2D eigenvalue weighted by atomic mass is 79.9. The van der Waals surface area contributed by atoms with Crippen LogP contribution < -0.4 is 5.32 Å². The molecule has 2 aromatic heterocycles. The Morgan fingerprint density at radius 3 is 2.78 bits per heavy atom. The molecule has 27 heavy (non-hydrogen) atoms. The number of aromatic nitrogens is 3. The van der Waals surface area contributed by atoms with E-state index in [2.05, 4.69) is 31.3 Å². The number of urea groups is 1. The maximum absolute atomic E-state index is 12.4. The number of pyridine rings is 1. The molecule has 1 unspecified atom stereocenters. The van der Waals surface area contributed by atoms with Crippen LogP contribution in [0.2, 0.25) is 0 Å². The van der Waals surface area contributed by atoms with Crippen molar-refractivity contribution in [2.45, 2.75) is 12.6 Å². The molecule has 7 nitrogen and oxygen atoms in total. The molecule has 0 saturated heterocycles. The molecular formula is C19H20BrN5O2. The number of carbonyl (C=O) groups excluding carboxylic acids is 1. The van der Waals surface area contributed by atoms with E-state index >= 15 is 0 Å². The Kier molecular flexibility index (Phi) is 6.20. The lowest BCUT2D eigenvalue weighted by molar-refractivity contribution is 0.135. The van der Waals surface area contributed by atoms with Gasteiger partial charge in [0.2, 0.25) is 0 Å². The summed E-state index contributed by atoms with van der Waals surface area (Å²) >= 11 is 3.41. The molecule has 0 aliphatic heterocycles. The highest BCUT2D eigenvalue weighted by Crippen LogP contribution is 2.23. The lowest BCUT2D eigenvalue weighted by Gasteiger charge is -2.21. The first-order chi connectivity index (χ1) is 13.0. The number of amides is 2. The van der Waals surface area contributed by atoms with E-state index in [0.29, 0.717) is 12.4 Å². The monoisotopic (exact) mass is 429 g/mol. The van der Waals surface area contributed by atoms with Crippen LogP contribution in [0.5, 0.6) is 0 Å². The summed E-state index contributed by atoms with van der Waals surface area (Å²) in [5, 5.41) is 17.4. The first-order valence-electron chi connectivity index (χ1n) is 8.41. The largest absolute Gasteiger partial charge is 0.387 e. The third-order valence-corrected chi connectivity index (χ3v) is 4.71. The number of halogens is 1. The average molecular weight is 430 g/mol. The van der Waals surface area contributed by atoms with Crippen molar-refractivity contribution >= 4 is 27.8 Å². The molecular weight excluding hydrogens is 410 g/mol. The van der Waals surface area contributed by atoms with Gasteiger partial charge in [0.05, 0.1) is 24.9 Å². The van der Waals surface area contributed by atoms with Gasteiger partial charge in [-0.15, -0.1) is 0 Å². The molecule has 1 aromatic carbocycles. The number of aliphatic hydroxyl groups is 1. The normalized spacial score (nSPS) is 11.8. The van der Waals surface area contributed by atoms with Gasteiger partial charge in [-0.25, -0.2) is 4.79 Å². The van der Waals surface area contributed by atoms with E-state index in [-0.39, 0.29) is 12.6 Å². The minimum atomic E-state index is -0.793. The summed E-state index contributed by atoms with van der Waals surface area (Å²) in [5.41, 5.74) is 1.61. The summed E-state index contributed by atoms with van der Waals surface area (Å²) in [6.07, 6.45) is 2.71. The number of benzene rings is 1. The quantitative estimate of drug-likeness (QED) is 0.629. The fraction of sp³-hybridized carbons (Fsp3) is 0.211. The van der Waals surface area contributed by atoms with Crippen molar-refractivity contribution in [2.75, 3.05) is 18.9 Å². The molecule has 3 rings (SSSR count). The van der Waals surface area contributed by atoms with Crippen molar-refractivity contribution in [3.05, 3.63) is 76.7 Å². The minimum Gasteiger partial charge on any atom is -0.387 e. The van der Waals surface area contributed by atoms with Crippen molar-refractivity contribution in [1.29, 1.82) is 0 Å². The van der Waals surface area contributed by atoms with E-state index in [4.69, 9.17) is 0 Å². The Labute approximate surface area is 165 Å². The number of aliphatic hydroxyl groups excluding tert-OH is 1. The number of likely N-dealkylation sites (N-methyl/N-ethyl adjacent to an activating group) is 1. The highest BCUT2D eigenvalue weighted by Gasteiger charge is 2.17. The summed E-state index contributed by atoms with van der Waals surface area (Å²) < 4.78 is 2.51.